The van der Waals surface area contributed by atoms with E-state index >= 15 is 4.39 Å². The van der Waals surface area contributed by atoms with Gasteiger partial charge in [0.15, 0.2) is 0 Å². The smallest absolute Gasteiger partial charge is 0.410 e. The zero-order chi connectivity index (χ0) is 19.3. The lowest BCUT2D eigenvalue weighted by Crippen LogP contribution is -2.53. The summed E-state index contributed by atoms with van der Waals surface area (Å²) in [5, 5.41) is 3.07. The molecule has 2 heterocycles. The highest BCUT2D eigenvalue weighted by Crippen LogP contribution is 2.31. The molecule has 144 valence electrons. The van der Waals surface area contributed by atoms with Crippen LogP contribution in [0.5, 0.6) is 0 Å². The highest BCUT2D eigenvalue weighted by Gasteiger charge is 2.41. The third-order valence-corrected chi connectivity index (χ3v) is 4.91. The average molecular weight is 372 g/mol. The molecule has 0 spiro atoms. The molecule has 2 aromatic rings. The molecule has 3 rings (SSSR count). The molecule has 6 nitrogen and oxygen atoms in total. The van der Waals surface area contributed by atoms with Crippen molar-refractivity contribution in [3.63, 3.8) is 0 Å². The molecule has 0 unspecified atom stereocenters. The molecule has 1 saturated heterocycles. The van der Waals surface area contributed by atoms with E-state index in [1.165, 1.54) is 11.8 Å². The number of anilines is 1. The van der Waals surface area contributed by atoms with E-state index in [-0.39, 0.29) is 19.1 Å². The van der Waals surface area contributed by atoms with Crippen molar-refractivity contribution in [3.05, 3.63) is 53.9 Å². The van der Waals surface area contributed by atoms with Crippen molar-refractivity contribution in [2.24, 2.45) is 5.92 Å². The Balaban J connectivity index is 1.49. The minimum atomic E-state index is -1.51. The van der Waals surface area contributed by atoms with Gasteiger partial charge in [-0.3, -0.25) is 0 Å². The first kappa shape index (κ1) is 19.1. The molecular formula is C20H25FN4O2. The van der Waals surface area contributed by atoms with Crippen LogP contribution < -0.4 is 5.32 Å². The Kier molecular flexibility index (Phi) is 5.88. The highest BCUT2D eigenvalue weighted by molar-refractivity contribution is 5.68. The van der Waals surface area contributed by atoms with Crippen LogP contribution >= 0.6 is 0 Å². The SMILES string of the molecule is Cc1ccc(COC(=O)N2CC[C@H](CNc3ncccn3)[C@@](C)(F)C2)cc1. The average Bonchev–Trinajstić information content (AvgIpc) is 2.66. The van der Waals surface area contributed by atoms with E-state index < -0.39 is 11.8 Å². The third kappa shape index (κ3) is 5.15. The van der Waals surface area contributed by atoms with Crippen molar-refractivity contribution >= 4 is 12.0 Å². The number of ether oxygens (including phenoxy) is 1. The van der Waals surface area contributed by atoms with Crippen LogP contribution in [-0.4, -0.2) is 46.3 Å². The summed E-state index contributed by atoms with van der Waals surface area (Å²) in [6.45, 7) is 4.62. The molecule has 1 aromatic carbocycles. The first-order valence-electron chi connectivity index (χ1n) is 9.11. The van der Waals surface area contributed by atoms with Crippen LogP contribution in [-0.2, 0) is 11.3 Å². The van der Waals surface area contributed by atoms with Crippen LogP contribution in [0.4, 0.5) is 15.1 Å². The number of piperidine rings is 1. The largest absolute Gasteiger partial charge is 0.445 e. The number of carbonyl (C=O) groups excluding carboxylic acids is 1. The van der Waals surface area contributed by atoms with E-state index in [4.69, 9.17) is 4.74 Å². The van der Waals surface area contributed by atoms with Gasteiger partial charge < -0.3 is 15.0 Å². The Morgan fingerprint density at radius 2 is 2.04 bits per heavy atom. The highest BCUT2D eigenvalue weighted by atomic mass is 19.1. The number of rotatable bonds is 5. The van der Waals surface area contributed by atoms with Crippen LogP contribution in [0, 0.1) is 12.8 Å². The van der Waals surface area contributed by atoms with E-state index in [2.05, 4.69) is 15.3 Å². The maximum absolute atomic E-state index is 15.1. The van der Waals surface area contributed by atoms with Crippen molar-refractivity contribution in [3.8, 4) is 0 Å². The number of aromatic nitrogens is 2. The van der Waals surface area contributed by atoms with E-state index in [0.29, 0.717) is 25.5 Å². The maximum Gasteiger partial charge on any atom is 0.410 e. The normalized spacial score (nSPS) is 22.3. The number of nitrogens with one attached hydrogen (secondary N) is 1. The van der Waals surface area contributed by atoms with Gasteiger partial charge in [0.05, 0.1) is 6.54 Å². The van der Waals surface area contributed by atoms with Crippen LogP contribution in [0.3, 0.4) is 0 Å². The van der Waals surface area contributed by atoms with Gasteiger partial charge in [0.2, 0.25) is 5.95 Å². The number of alkyl halides is 1. The van der Waals surface area contributed by atoms with Gasteiger partial charge in [0.1, 0.15) is 12.3 Å². The number of hydrogen-bond acceptors (Lipinski definition) is 5. The lowest BCUT2D eigenvalue weighted by molar-refractivity contribution is 0.00450. The van der Waals surface area contributed by atoms with E-state index in [1.807, 2.05) is 31.2 Å². The summed E-state index contributed by atoms with van der Waals surface area (Å²) in [5.74, 6) is 0.246. The van der Waals surface area contributed by atoms with Crippen LogP contribution in [0.1, 0.15) is 24.5 Å². The summed E-state index contributed by atoms with van der Waals surface area (Å²) in [4.78, 5) is 21.9. The Morgan fingerprint density at radius 1 is 1.33 bits per heavy atom. The number of carbonyl (C=O) groups is 1. The van der Waals surface area contributed by atoms with E-state index in [9.17, 15) is 4.79 Å². The molecule has 27 heavy (non-hydrogen) atoms. The van der Waals surface area contributed by atoms with Crippen molar-refractivity contribution < 1.29 is 13.9 Å². The summed E-state index contributed by atoms with van der Waals surface area (Å²) in [6.07, 6.45) is 3.34. The first-order chi connectivity index (χ1) is 12.9. The zero-order valence-corrected chi connectivity index (χ0v) is 15.7. The lowest BCUT2D eigenvalue weighted by atomic mass is 9.84. The molecule has 0 aliphatic carbocycles. The number of benzene rings is 1. The maximum atomic E-state index is 15.1. The van der Waals surface area contributed by atoms with Gasteiger partial charge in [-0.2, -0.15) is 0 Å². The lowest BCUT2D eigenvalue weighted by Gasteiger charge is -2.40. The number of halogens is 1. The van der Waals surface area contributed by atoms with E-state index in [0.717, 1.165) is 11.1 Å². The predicted octanol–water partition coefficient (Wildman–Crippen LogP) is 3.58. The molecule has 1 aromatic heterocycles. The molecule has 1 amide bonds. The number of amides is 1. The Labute approximate surface area is 158 Å². The van der Waals surface area contributed by atoms with Crippen molar-refractivity contribution in [1.82, 2.24) is 14.9 Å². The zero-order valence-electron chi connectivity index (χ0n) is 15.7. The second-order valence-corrected chi connectivity index (χ2v) is 7.18. The van der Waals surface area contributed by atoms with Crippen LogP contribution in [0.2, 0.25) is 0 Å². The number of aryl methyl sites for hydroxylation is 1. The second kappa shape index (κ2) is 8.33. The number of nitrogens with zero attached hydrogens (tertiary/aromatic N) is 3. The number of hydrogen-bond donors (Lipinski definition) is 1. The molecule has 1 aliphatic rings. The molecule has 1 N–H and O–H groups in total. The molecule has 0 radical (unpaired) electrons. The van der Waals surface area contributed by atoms with Gasteiger partial charge in [-0.25, -0.2) is 19.2 Å². The predicted molar refractivity (Wildman–Crippen MR) is 101 cm³/mol. The summed E-state index contributed by atoms with van der Waals surface area (Å²) in [5.41, 5.74) is 0.553. The molecule has 1 fully saturated rings. The number of likely N-dealkylation sites (tertiary alicyclic amines) is 1. The Morgan fingerprint density at radius 3 is 2.70 bits per heavy atom. The summed E-state index contributed by atoms with van der Waals surface area (Å²) >= 11 is 0. The van der Waals surface area contributed by atoms with E-state index in [1.54, 1.807) is 18.5 Å². The molecular weight excluding hydrogens is 347 g/mol. The fourth-order valence-corrected chi connectivity index (χ4v) is 3.19. The van der Waals surface area contributed by atoms with Gasteiger partial charge in [-0.05, 0) is 31.9 Å². The molecule has 7 heteroatoms. The fraction of sp³-hybridized carbons (Fsp3) is 0.450. The van der Waals surface area contributed by atoms with Crippen molar-refractivity contribution in [2.45, 2.75) is 32.5 Å². The van der Waals surface area contributed by atoms with Crippen LogP contribution in [0.15, 0.2) is 42.7 Å². The summed E-state index contributed by atoms with van der Waals surface area (Å²) in [7, 11) is 0. The second-order valence-electron chi connectivity index (χ2n) is 7.18. The Bertz CT molecular complexity index is 752. The quantitative estimate of drug-likeness (QED) is 0.869. The molecule has 0 bridgehead atoms. The standard InChI is InChI=1S/C20H25FN4O2/c1-15-4-6-16(7-5-15)13-27-19(26)25-11-8-17(20(2,21)14-25)12-24-18-22-9-3-10-23-18/h3-7,9-10,17H,8,11-14H2,1-2H3,(H,22,23,24)/t17-,20+/m1/s1. The topological polar surface area (TPSA) is 67.3 Å². The van der Waals surface area contributed by atoms with Gasteiger partial charge in [0.25, 0.3) is 0 Å². The van der Waals surface area contributed by atoms with Crippen molar-refractivity contribution in [2.75, 3.05) is 25.0 Å². The van der Waals surface area contributed by atoms with Crippen molar-refractivity contribution in [1.29, 1.82) is 0 Å². The third-order valence-electron chi connectivity index (χ3n) is 4.91. The first-order valence-corrected chi connectivity index (χ1v) is 9.11. The van der Waals surface area contributed by atoms with Gasteiger partial charge in [0, 0.05) is 31.4 Å². The fourth-order valence-electron chi connectivity index (χ4n) is 3.19. The molecule has 2 atom stereocenters. The minimum absolute atomic E-state index is 0.0156. The van der Waals surface area contributed by atoms with Gasteiger partial charge in [-0.1, -0.05) is 29.8 Å². The van der Waals surface area contributed by atoms with Gasteiger partial charge >= 0.3 is 6.09 Å². The summed E-state index contributed by atoms with van der Waals surface area (Å²) < 4.78 is 20.5. The summed E-state index contributed by atoms with van der Waals surface area (Å²) in [6, 6.07) is 9.51. The minimum Gasteiger partial charge on any atom is -0.445 e. The van der Waals surface area contributed by atoms with Crippen LogP contribution in [0.25, 0.3) is 0 Å². The van der Waals surface area contributed by atoms with Gasteiger partial charge in [-0.15, -0.1) is 0 Å². The molecule has 0 saturated carbocycles. The Hall–Kier alpha value is -2.70. The molecule has 1 aliphatic heterocycles. The monoisotopic (exact) mass is 372 g/mol.